The van der Waals surface area contributed by atoms with Crippen molar-refractivity contribution in [1.29, 1.82) is 0 Å². The number of benzene rings is 1. The molecule has 3 heteroatoms. The van der Waals surface area contributed by atoms with Crippen LogP contribution in [0.1, 0.15) is 19.8 Å². The summed E-state index contributed by atoms with van der Waals surface area (Å²) >= 11 is 0. The molecule has 0 N–H and O–H groups in total. The Bertz CT molecular complexity index is 320. The number of hydrogen-bond donors (Lipinski definition) is 0. The number of carbonyl (C=O) groups excluding carboxylic acids is 1. The molecule has 0 aliphatic rings. The average Bonchev–Trinajstić information content (AvgIpc) is 2.18. The van der Waals surface area contributed by atoms with Crippen LogP contribution in [0.15, 0.2) is 30.3 Å². The van der Waals surface area contributed by atoms with Crippen molar-refractivity contribution in [2.75, 3.05) is 0 Å². The first kappa shape index (κ1) is 12.0. The molecule has 82 valence electrons. The third-order valence-corrected chi connectivity index (χ3v) is 4.75. The lowest BCUT2D eigenvalue weighted by molar-refractivity contribution is -0.135. The van der Waals surface area contributed by atoms with E-state index in [9.17, 15) is 4.79 Å². The van der Waals surface area contributed by atoms with Crippen LogP contribution in [0.4, 0.5) is 0 Å². The summed E-state index contributed by atoms with van der Waals surface area (Å²) in [6.45, 7) is 6.09. The van der Waals surface area contributed by atoms with Crippen molar-refractivity contribution in [2.24, 2.45) is 0 Å². The topological polar surface area (TPSA) is 26.3 Å². The molecule has 0 fully saturated rings. The second-order valence-electron chi connectivity index (χ2n) is 4.10. The van der Waals surface area contributed by atoms with Gasteiger partial charge >= 0.3 is 0 Å². The molecule has 0 unspecified atom stereocenters. The summed E-state index contributed by atoms with van der Waals surface area (Å²) in [7, 11) is -2.03. The maximum atomic E-state index is 11.4. The Morgan fingerprint density at radius 3 is 2.40 bits per heavy atom. The molecule has 1 aromatic carbocycles. The highest BCUT2D eigenvalue weighted by atomic mass is 28.4. The summed E-state index contributed by atoms with van der Waals surface area (Å²) in [4.78, 5) is 11.4. The normalized spacial score (nSPS) is 11.1. The molecule has 0 saturated carbocycles. The summed E-state index contributed by atoms with van der Waals surface area (Å²) in [5.41, 5.74) is 0. The van der Waals surface area contributed by atoms with E-state index >= 15 is 0 Å². The second kappa shape index (κ2) is 5.12. The zero-order valence-corrected chi connectivity index (χ0v) is 10.6. The molecule has 0 bridgehead atoms. The fourth-order valence-corrected chi connectivity index (χ4v) is 3.22. The maximum Gasteiger partial charge on any atom is 0.292 e. The molecule has 0 aliphatic heterocycles. The van der Waals surface area contributed by atoms with Crippen molar-refractivity contribution in [2.45, 2.75) is 32.9 Å². The van der Waals surface area contributed by atoms with Crippen LogP contribution in [-0.4, -0.2) is 14.3 Å². The van der Waals surface area contributed by atoms with Crippen LogP contribution in [0.5, 0.6) is 0 Å². The van der Waals surface area contributed by atoms with Gasteiger partial charge in [-0.15, -0.1) is 0 Å². The summed E-state index contributed by atoms with van der Waals surface area (Å²) in [5, 5.41) is 1.16. The van der Waals surface area contributed by atoms with Gasteiger partial charge in [0.2, 0.25) is 0 Å². The minimum absolute atomic E-state index is 0.0713. The number of hydrogen-bond acceptors (Lipinski definition) is 2. The molecule has 0 aliphatic carbocycles. The molecule has 0 amide bonds. The molecule has 0 heterocycles. The third-order valence-electron chi connectivity index (χ3n) is 2.29. The lowest BCUT2D eigenvalue weighted by Gasteiger charge is -2.22. The third kappa shape index (κ3) is 3.51. The van der Waals surface area contributed by atoms with E-state index in [0.717, 1.165) is 11.6 Å². The Balaban J connectivity index is 2.71. The molecule has 0 saturated heterocycles. The molecule has 0 aromatic heterocycles. The van der Waals surface area contributed by atoms with Crippen LogP contribution in [0.3, 0.4) is 0 Å². The van der Waals surface area contributed by atoms with E-state index in [-0.39, 0.29) is 5.97 Å². The zero-order valence-electron chi connectivity index (χ0n) is 9.62. The van der Waals surface area contributed by atoms with Crippen LogP contribution >= 0.6 is 0 Å². The van der Waals surface area contributed by atoms with E-state index in [4.69, 9.17) is 4.43 Å². The van der Waals surface area contributed by atoms with E-state index in [2.05, 4.69) is 13.1 Å². The maximum absolute atomic E-state index is 11.4. The van der Waals surface area contributed by atoms with Crippen LogP contribution in [0.2, 0.25) is 13.1 Å². The first-order valence-electron chi connectivity index (χ1n) is 5.33. The van der Waals surface area contributed by atoms with E-state index in [1.54, 1.807) is 0 Å². The van der Waals surface area contributed by atoms with E-state index in [1.807, 2.05) is 37.3 Å². The van der Waals surface area contributed by atoms with Crippen molar-refractivity contribution in [3.8, 4) is 0 Å². The molecule has 1 rings (SSSR count). The first-order chi connectivity index (χ1) is 7.06. The fraction of sp³-hybridized carbons (Fsp3) is 0.417. The van der Waals surface area contributed by atoms with Crippen molar-refractivity contribution >= 4 is 19.5 Å². The second-order valence-corrected chi connectivity index (χ2v) is 7.90. The van der Waals surface area contributed by atoms with Crippen molar-refractivity contribution in [3.63, 3.8) is 0 Å². The summed E-state index contributed by atoms with van der Waals surface area (Å²) in [5.74, 6) is -0.0713. The van der Waals surface area contributed by atoms with Crippen LogP contribution in [-0.2, 0) is 9.22 Å². The van der Waals surface area contributed by atoms with Gasteiger partial charge in [-0.1, -0.05) is 37.3 Å². The minimum atomic E-state index is -2.03. The Morgan fingerprint density at radius 2 is 1.87 bits per heavy atom. The highest BCUT2D eigenvalue weighted by Crippen LogP contribution is 2.07. The van der Waals surface area contributed by atoms with Gasteiger partial charge in [-0.25, -0.2) is 0 Å². The Morgan fingerprint density at radius 1 is 1.27 bits per heavy atom. The van der Waals surface area contributed by atoms with Gasteiger partial charge in [0.25, 0.3) is 14.3 Å². The summed E-state index contributed by atoms with van der Waals surface area (Å²) < 4.78 is 5.56. The largest absolute Gasteiger partial charge is 0.515 e. The summed E-state index contributed by atoms with van der Waals surface area (Å²) in [6, 6.07) is 10.0. The lowest BCUT2D eigenvalue weighted by Crippen LogP contribution is -2.46. The quantitative estimate of drug-likeness (QED) is 0.731. The van der Waals surface area contributed by atoms with Crippen LogP contribution in [0, 0.1) is 0 Å². The van der Waals surface area contributed by atoms with Crippen molar-refractivity contribution in [1.82, 2.24) is 0 Å². The first-order valence-corrected chi connectivity index (χ1v) is 8.24. The fourth-order valence-electron chi connectivity index (χ4n) is 1.44. The monoisotopic (exact) mass is 222 g/mol. The molecular formula is C12H18O2Si. The minimum Gasteiger partial charge on any atom is -0.515 e. The SMILES string of the molecule is CCCC(=O)O[Si](C)(C)c1ccccc1. The van der Waals surface area contributed by atoms with Gasteiger partial charge in [-0.05, 0) is 24.7 Å². The van der Waals surface area contributed by atoms with Gasteiger partial charge in [-0.3, -0.25) is 4.79 Å². The zero-order chi connectivity index (χ0) is 11.3. The standard InChI is InChI=1S/C12H18O2Si/c1-4-8-12(13)14-15(2,3)11-9-6-5-7-10-11/h5-7,9-10H,4,8H2,1-3H3. The Hall–Kier alpha value is -1.09. The predicted molar refractivity (Wildman–Crippen MR) is 64.6 cm³/mol. The predicted octanol–water partition coefficient (Wildman–Crippen LogP) is 2.44. The van der Waals surface area contributed by atoms with Crippen molar-refractivity contribution in [3.05, 3.63) is 30.3 Å². The highest BCUT2D eigenvalue weighted by Gasteiger charge is 2.28. The van der Waals surface area contributed by atoms with Gasteiger partial charge in [0.05, 0.1) is 0 Å². The van der Waals surface area contributed by atoms with E-state index in [1.165, 1.54) is 0 Å². The molecule has 2 nitrogen and oxygen atoms in total. The molecule has 15 heavy (non-hydrogen) atoms. The van der Waals surface area contributed by atoms with Gasteiger partial charge in [0.1, 0.15) is 0 Å². The van der Waals surface area contributed by atoms with E-state index < -0.39 is 8.32 Å². The van der Waals surface area contributed by atoms with Gasteiger partial charge in [0, 0.05) is 6.42 Å². The average molecular weight is 222 g/mol. The van der Waals surface area contributed by atoms with E-state index in [0.29, 0.717) is 6.42 Å². The smallest absolute Gasteiger partial charge is 0.292 e. The molecule has 0 atom stereocenters. The lowest BCUT2D eigenvalue weighted by atomic mass is 10.4. The van der Waals surface area contributed by atoms with Crippen LogP contribution < -0.4 is 5.19 Å². The Labute approximate surface area is 92.4 Å². The Kier molecular flexibility index (Phi) is 4.09. The number of rotatable bonds is 4. The summed E-state index contributed by atoms with van der Waals surface area (Å²) in [6.07, 6.45) is 1.36. The molecule has 1 aromatic rings. The van der Waals surface area contributed by atoms with Gasteiger partial charge in [0.15, 0.2) is 0 Å². The van der Waals surface area contributed by atoms with Crippen molar-refractivity contribution < 1.29 is 9.22 Å². The molecule has 0 spiro atoms. The van der Waals surface area contributed by atoms with Crippen LogP contribution in [0.25, 0.3) is 0 Å². The highest BCUT2D eigenvalue weighted by molar-refractivity contribution is 6.85. The molecular weight excluding hydrogens is 204 g/mol. The van der Waals surface area contributed by atoms with Gasteiger partial charge in [-0.2, -0.15) is 0 Å². The number of carbonyl (C=O) groups is 1. The van der Waals surface area contributed by atoms with Gasteiger partial charge < -0.3 is 4.43 Å². The molecule has 0 radical (unpaired) electrons.